The fraction of sp³-hybridized carbons (Fsp3) is 0.154. The van der Waals surface area contributed by atoms with Crippen molar-refractivity contribution in [3.8, 4) is 0 Å². The van der Waals surface area contributed by atoms with E-state index in [1.54, 1.807) is 23.0 Å². The van der Waals surface area contributed by atoms with Crippen molar-refractivity contribution in [2.24, 2.45) is 5.73 Å². The van der Waals surface area contributed by atoms with Crippen LogP contribution in [0.5, 0.6) is 0 Å². The van der Waals surface area contributed by atoms with Gasteiger partial charge in [0, 0.05) is 12.4 Å². The first-order valence-electron chi connectivity index (χ1n) is 5.35. The summed E-state index contributed by atoms with van der Waals surface area (Å²) in [6.07, 6.45) is 3.39. The Morgan fingerprint density at radius 2 is 2.00 bits per heavy atom. The first kappa shape index (κ1) is 11.4. The Balaban J connectivity index is 2.32. The molecule has 0 fully saturated rings. The quantitative estimate of drug-likeness (QED) is 0.827. The third kappa shape index (κ3) is 2.37. The van der Waals surface area contributed by atoms with Gasteiger partial charge in [0.15, 0.2) is 0 Å². The number of nitrogens with zero attached hydrogens (tertiary/aromatic N) is 1. The second kappa shape index (κ2) is 4.84. The van der Waals surface area contributed by atoms with Gasteiger partial charge in [-0.2, -0.15) is 0 Å². The molecule has 88 valence electrons. The lowest BCUT2D eigenvalue weighted by molar-refractivity contribution is 0.1000. The van der Waals surface area contributed by atoms with Gasteiger partial charge in [0.05, 0.1) is 18.2 Å². The van der Waals surface area contributed by atoms with Crippen LogP contribution in [0.1, 0.15) is 22.0 Å². The molecule has 2 rings (SSSR count). The highest BCUT2D eigenvalue weighted by Gasteiger charge is 2.13. The molecule has 0 aliphatic heterocycles. The van der Waals surface area contributed by atoms with E-state index >= 15 is 0 Å². The van der Waals surface area contributed by atoms with Crippen LogP contribution < -0.4 is 5.73 Å². The van der Waals surface area contributed by atoms with Crippen molar-refractivity contribution >= 4 is 5.91 Å². The van der Waals surface area contributed by atoms with Crippen molar-refractivity contribution in [3.63, 3.8) is 0 Å². The lowest BCUT2D eigenvalue weighted by atomic mass is 10.1. The number of amides is 1. The molecule has 1 amide bonds. The fourth-order valence-corrected chi connectivity index (χ4v) is 1.80. The summed E-state index contributed by atoms with van der Waals surface area (Å²) in [6.45, 7) is -0.0309. The third-order valence-corrected chi connectivity index (χ3v) is 2.72. The standard InChI is InChI=1S/C13H14N2O2/c14-13(17)11-6-7-15(8-11)12(9-16)10-4-2-1-3-5-10/h1-8,12,16H,9H2,(H2,14,17). The molecule has 0 saturated carbocycles. The summed E-state index contributed by atoms with van der Waals surface area (Å²) in [5, 5.41) is 9.44. The van der Waals surface area contributed by atoms with Gasteiger partial charge in [-0.3, -0.25) is 4.79 Å². The first-order valence-corrected chi connectivity index (χ1v) is 5.35. The normalized spacial score (nSPS) is 12.3. The van der Waals surface area contributed by atoms with E-state index in [-0.39, 0.29) is 12.6 Å². The minimum Gasteiger partial charge on any atom is -0.394 e. The first-order chi connectivity index (χ1) is 8.22. The monoisotopic (exact) mass is 230 g/mol. The van der Waals surface area contributed by atoms with Crippen LogP contribution in [0.4, 0.5) is 0 Å². The molecular formula is C13H14N2O2. The maximum absolute atomic E-state index is 11.0. The van der Waals surface area contributed by atoms with Gasteiger partial charge in [-0.1, -0.05) is 30.3 Å². The Bertz CT molecular complexity index is 505. The number of aliphatic hydroxyl groups is 1. The van der Waals surface area contributed by atoms with E-state index in [1.807, 2.05) is 30.3 Å². The number of rotatable bonds is 4. The summed E-state index contributed by atoms with van der Waals surface area (Å²) in [6, 6.07) is 11.1. The van der Waals surface area contributed by atoms with Crippen LogP contribution in [-0.4, -0.2) is 22.2 Å². The van der Waals surface area contributed by atoms with E-state index in [2.05, 4.69) is 0 Å². The topological polar surface area (TPSA) is 68.2 Å². The van der Waals surface area contributed by atoms with Gasteiger partial charge in [0.1, 0.15) is 0 Å². The zero-order valence-electron chi connectivity index (χ0n) is 9.28. The van der Waals surface area contributed by atoms with Gasteiger partial charge < -0.3 is 15.4 Å². The smallest absolute Gasteiger partial charge is 0.250 e. The molecule has 0 radical (unpaired) electrons. The number of hydrogen-bond acceptors (Lipinski definition) is 2. The second-order valence-corrected chi connectivity index (χ2v) is 3.82. The van der Waals surface area contributed by atoms with Crippen molar-refractivity contribution in [1.82, 2.24) is 4.57 Å². The molecule has 1 aromatic carbocycles. The number of carbonyl (C=O) groups excluding carboxylic acids is 1. The van der Waals surface area contributed by atoms with Crippen LogP contribution in [0.3, 0.4) is 0 Å². The second-order valence-electron chi connectivity index (χ2n) is 3.82. The van der Waals surface area contributed by atoms with E-state index in [0.29, 0.717) is 5.56 Å². The van der Waals surface area contributed by atoms with Crippen LogP contribution in [-0.2, 0) is 0 Å². The maximum atomic E-state index is 11.0. The largest absolute Gasteiger partial charge is 0.394 e. The van der Waals surface area contributed by atoms with Gasteiger partial charge in [-0.25, -0.2) is 0 Å². The highest BCUT2D eigenvalue weighted by atomic mass is 16.3. The summed E-state index contributed by atoms with van der Waals surface area (Å²) in [5.74, 6) is -0.464. The molecule has 17 heavy (non-hydrogen) atoms. The number of nitrogens with two attached hydrogens (primary N) is 1. The number of benzene rings is 1. The minimum atomic E-state index is -0.464. The van der Waals surface area contributed by atoms with Gasteiger partial charge in [-0.15, -0.1) is 0 Å². The molecule has 1 atom stereocenters. The summed E-state index contributed by atoms with van der Waals surface area (Å²) in [5.41, 5.74) is 6.62. The molecular weight excluding hydrogens is 216 g/mol. The molecule has 0 bridgehead atoms. The van der Waals surface area contributed by atoms with Crippen LogP contribution >= 0.6 is 0 Å². The van der Waals surface area contributed by atoms with Crippen LogP contribution in [0.25, 0.3) is 0 Å². The minimum absolute atomic E-state index is 0.0309. The Morgan fingerprint density at radius 3 is 2.53 bits per heavy atom. The van der Waals surface area contributed by atoms with E-state index in [9.17, 15) is 9.90 Å². The Labute approximate surface area is 99.3 Å². The zero-order valence-corrected chi connectivity index (χ0v) is 9.28. The summed E-state index contributed by atoms with van der Waals surface area (Å²) >= 11 is 0. The van der Waals surface area contributed by atoms with Crippen LogP contribution in [0.15, 0.2) is 48.8 Å². The van der Waals surface area contributed by atoms with Crippen molar-refractivity contribution in [1.29, 1.82) is 0 Å². The molecule has 0 saturated heterocycles. The number of aliphatic hydroxyl groups excluding tert-OH is 1. The van der Waals surface area contributed by atoms with Gasteiger partial charge in [0.25, 0.3) is 0 Å². The molecule has 4 heteroatoms. The average Bonchev–Trinajstić information content (AvgIpc) is 2.81. The Kier molecular flexibility index (Phi) is 3.25. The van der Waals surface area contributed by atoms with Crippen molar-refractivity contribution < 1.29 is 9.90 Å². The van der Waals surface area contributed by atoms with Gasteiger partial charge in [-0.05, 0) is 11.6 Å². The predicted octanol–water partition coefficient (Wildman–Crippen LogP) is 1.17. The molecule has 1 aromatic heterocycles. The lowest BCUT2D eigenvalue weighted by Crippen LogP contribution is -2.14. The van der Waals surface area contributed by atoms with Crippen LogP contribution in [0, 0.1) is 0 Å². The average molecular weight is 230 g/mol. The molecule has 3 N–H and O–H groups in total. The predicted molar refractivity (Wildman–Crippen MR) is 64.6 cm³/mol. The Hall–Kier alpha value is -2.07. The van der Waals surface area contributed by atoms with E-state index in [4.69, 9.17) is 5.73 Å². The molecule has 1 heterocycles. The molecule has 0 aliphatic rings. The van der Waals surface area contributed by atoms with Crippen molar-refractivity contribution in [3.05, 3.63) is 59.9 Å². The van der Waals surface area contributed by atoms with E-state index in [1.165, 1.54) is 0 Å². The number of primary amides is 1. The summed E-state index contributed by atoms with van der Waals surface area (Å²) < 4.78 is 1.79. The maximum Gasteiger partial charge on any atom is 0.250 e. The number of carbonyl (C=O) groups is 1. The number of aromatic nitrogens is 1. The summed E-state index contributed by atoms with van der Waals surface area (Å²) in [7, 11) is 0. The third-order valence-electron chi connectivity index (χ3n) is 2.72. The fourth-order valence-electron chi connectivity index (χ4n) is 1.80. The Morgan fingerprint density at radius 1 is 1.29 bits per heavy atom. The van der Waals surface area contributed by atoms with E-state index < -0.39 is 5.91 Å². The molecule has 1 unspecified atom stereocenters. The van der Waals surface area contributed by atoms with E-state index in [0.717, 1.165) is 5.56 Å². The highest BCUT2D eigenvalue weighted by Crippen LogP contribution is 2.18. The molecule has 0 spiro atoms. The molecule has 2 aromatic rings. The van der Waals surface area contributed by atoms with Crippen LogP contribution in [0.2, 0.25) is 0 Å². The van der Waals surface area contributed by atoms with Gasteiger partial charge in [0.2, 0.25) is 5.91 Å². The van der Waals surface area contributed by atoms with Gasteiger partial charge >= 0.3 is 0 Å². The highest BCUT2D eigenvalue weighted by molar-refractivity contribution is 5.92. The van der Waals surface area contributed by atoms with Crippen molar-refractivity contribution in [2.75, 3.05) is 6.61 Å². The number of hydrogen-bond donors (Lipinski definition) is 2. The lowest BCUT2D eigenvalue weighted by Gasteiger charge is -2.16. The molecule has 0 aliphatic carbocycles. The zero-order chi connectivity index (χ0) is 12.3. The summed E-state index contributed by atoms with van der Waals surface area (Å²) in [4.78, 5) is 11.0. The molecule has 4 nitrogen and oxygen atoms in total. The SMILES string of the molecule is NC(=O)c1ccn(C(CO)c2ccccc2)c1. The van der Waals surface area contributed by atoms with Crippen molar-refractivity contribution in [2.45, 2.75) is 6.04 Å².